The Bertz CT molecular complexity index is 1180. The SMILES string of the molecule is C[C@H]1CCc2c(sc3nc([C@@H](C)OC(=O)c4ccc5c(c4)OCO5)[nH]c(=O)c23)C1. The Labute approximate surface area is 170 Å². The molecule has 7 nitrogen and oxygen atoms in total. The Balaban J connectivity index is 1.41. The van der Waals surface area contributed by atoms with Crippen molar-refractivity contribution in [3.63, 3.8) is 0 Å². The normalized spacial score (nSPS) is 18.5. The Morgan fingerprint density at radius 3 is 3.03 bits per heavy atom. The van der Waals surface area contributed by atoms with Crippen LogP contribution < -0.4 is 15.0 Å². The molecule has 0 saturated carbocycles. The summed E-state index contributed by atoms with van der Waals surface area (Å²) in [5.74, 6) is 1.57. The third-order valence-electron chi connectivity index (χ3n) is 5.46. The van der Waals surface area contributed by atoms with E-state index in [4.69, 9.17) is 14.2 Å². The summed E-state index contributed by atoms with van der Waals surface area (Å²) in [6, 6.07) is 4.88. The van der Waals surface area contributed by atoms with Crippen molar-refractivity contribution < 1.29 is 19.0 Å². The molecule has 0 spiro atoms. The third kappa shape index (κ3) is 3.17. The molecule has 29 heavy (non-hydrogen) atoms. The van der Waals surface area contributed by atoms with Gasteiger partial charge < -0.3 is 19.2 Å². The Morgan fingerprint density at radius 2 is 2.17 bits per heavy atom. The van der Waals surface area contributed by atoms with Gasteiger partial charge in [-0.3, -0.25) is 4.79 Å². The lowest BCUT2D eigenvalue weighted by atomic mass is 9.89. The molecule has 0 saturated heterocycles. The second-order valence-corrected chi connectivity index (χ2v) is 8.68. The largest absolute Gasteiger partial charge is 0.454 e. The molecular formula is C21H20N2O5S. The van der Waals surface area contributed by atoms with E-state index < -0.39 is 12.1 Å². The number of H-pyrrole nitrogens is 1. The molecule has 0 radical (unpaired) electrons. The number of rotatable bonds is 3. The lowest BCUT2D eigenvalue weighted by Crippen LogP contribution is -2.18. The van der Waals surface area contributed by atoms with Gasteiger partial charge in [-0.05, 0) is 55.9 Å². The number of nitrogens with one attached hydrogen (secondary N) is 1. The molecule has 0 fully saturated rings. The molecule has 2 aromatic heterocycles. The molecule has 1 aliphatic carbocycles. The van der Waals surface area contributed by atoms with Crippen LogP contribution in [0.4, 0.5) is 0 Å². The van der Waals surface area contributed by atoms with Crippen LogP contribution in [0.15, 0.2) is 23.0 Å². The third-order valence-corrected chi connectivity index (χ3v) is 6.61. The smallest absolute Gasteiger partial charge is 0.338 e. The number of esters is 1. The van der Waals surface area contributed by atoms with Gasteiger partial charge >= 0.3 is 5.97 Å². The van der Waals surface area contributed by atoms with E-state index in [0.717, 1.165) is 24.8 Å². The van der Waals surface area contributed by atoms with E-state index in [9.17, 15) is 9.59 Å². The first-order valence-electron chi connectivity index (χ1n) is 9.64. The van der Waals surface area contributed by atoms with E-state index in [1.54, 1.807) is 36.5 Å². The number of carbonyl (C=O) groups is 1. The first kappa shape index (κ1) is 18.2. The summed E-state index contributed by atoms with van der Waals surface area (Å²) in [5.41, 5.74) is 1.32. The summed E-state index contributed by atoms with van der Waals surface area (Å²) in [6.07, 6.45) is 2.29. The van der Waals surface area contributed by atoms with E-state index >= 15 is 0 Å². The van der Waals surface area contributed by atoms with E-state index in [0.29, 0.717) is 39.0 Å². The van der Waals surface area contributed by atoms with Gasteiger partial charge in [0.1, 0.15) is 4.83 Å². The van der Waals surface area contributed by atoms with Gasteiger partial charge in [-0.1, -0.05) is 6.92 Å². The average molecular weight is 412 g/mol. The number of hydrogen-bond donors (Lipinski definition) is 1. The summed E-state index contributed by atoms with van der Waals surface area (Å²) in [7, 11) is 0. The number of hydrogen-bond acceptors (Lipinski definition) is 7. The first-order chi connectivity index (χ1) is 14.0. The van der Waals surface area contributed by atoms with Gasteiger partial charge in [0.2, 0.25) is 6.79 Å². The molecule has 0 unspecified atom stereocenters. The molecule has 3 aromatic rings. The van der Waals surface area contributed by atoms with Crippen molar-refractivity contribution in [2.45, 2.75) is 39.2 Å². The maximum atomic E-state index is 12.7. The molecule has 150 valence electrons. The topological polar surface area (TPSA) is 90.5 Å². The predicted octanol–water partition coefficient (Wildman–Crippen LogP) is 3.76. The van der Waals surface area contributed by atoms with Crippen LogP contribution in [-0.4, -0.2) is 22.7 Å². The highest BCUT2D eigenvalue weighted by Crippen LogP contribution is 2.36. The highest BCUT2D eigenvalue weighted by molar-refractivity contribution is 7.18. The van der Waals surface area contributed by atoms with Crippen molar-refractivity contribution in [3.05, 3.63) is 50.4 Å². The van der Waals surface area contributed by atoms with Gasteiger partial charge in [0, 0.05) is 4.88 Å². The molecule has 0 bridgehead atoms. The first-order valence-corrected chi connectivity index (χ1v) is 10.5. The van der Waals surface area contributed by atoms with Crippen molar-refractivity contribution in [3.8, 4) is 11.5 Å². The number of aromatic amines is 1. The van der Waals surface area contributed by atoms with Crippen molar-refractivity contribution in [2.75, 3.05) is 6.79 Å². The van der Waals surface area contributed by atoms with Crippen LogP contribution in [0.2, 0.25) is 0 Å². The second kappa shape index (κ2) is 6.88. The summed E-state index contributed by atoms with van der Waals surface area (Å²) in [6.45, 7) is 4.07. The van der Waals surface area contributed by atoms with Crippen LogP contribution in [0.5, 0.6) is 11.5 Å². The zero-order valence-corrected chi connectivity index (χ0v) is 16.9. The van der Waals surface area contributed by atoms with Crippen LogP contribution in [0.25, 0.3) is 10.2 Å². The predicted molar refractivity (Wildman–Crippen MR) is 108 cm³/mol. The average Bonchev–Trinajstić information content (AvgIpc) is 3.30. The quantitative estimate of drug-likeness (QED) is 0.659. The van der Waals surface area contributed by atoms with E-state index in [1.165, 1.54) is 4.88 Å². The standard InChI is InChI=1S/C21H20N2O5S/c1-10-3-5-13-16(7-10)29-20-17(13)19(24)22-18(23-20)11(2)28-21(25)12-4-6-14-15(8-12)27-9-26-14/h4,6,8,10-11H,3,5,7,9H2,1-2H3,(H,22,23,24)/t10-,11+/m0/s1. The number of aromatic nitrogens is 2. The number of ether oxygens (including phenoxy) is 3. The van der Waals surface area contributed by atoms with Crippen molar-refractivity contribution in [2.24, 2.45) is 5.92 Å². The molecule has 2 atom stereocenters. The molecule has 1 aliphatic heterocycles. The fourth-order valence-corrected chi connectivity index (χ4v) is 5.26. The van der Waals surface area contributed by atoms with Crippen LogP contribution in [-0.2, 0) is 17.6 Å². The Hall–Kier alpha value is -2.87. The van der Waals surface area contributed by atoms with Crippen LogP contribution in [0.3, 0.4) is 0 Å². The monoisotopic (exact) mass is 412 g/mol. The van der Waals surface area contributed by atoms with Crippen molar-refractivity contribution in [1.82, 2.24) is 9.97 Å². The number of fused-ring (bicyclic) bond motifs is 4. The zero-order chi connectivity index (χ0) is 20.1. The maximum absolute atomic E-state index is 12.7. The highest BCUT2D eigenvalue weighted by Gasteiger charge is 2.25. The summed E-state index contributed by atoms with van der Waals surface area (Å²) in [4.78, 5) is 34.7. The lowest BCUT2D eigenvalue weighted by Gasteiger charge is -2.17. The fraction of sp³-hybridized carbons (Fsp3) is 0.381. The Morgan fingerprint density at radius 1 is 1.34 bits per heavy atom. The lowest BCUT2D eigenvalue weighted by molar-refractivity contribution is 0.0319. The molecule has 3 heterocycles. The van der Waals surface area contributed by atoms with Crippen LogP contribution >= 0.6 is 11.3 Å². The van der Waals surface area contributed by atoms with Gasteiger partial charge in [-0.25, -0.2) is 9.78 Å². The van der Waals surface area contributed by atoms with Crippen LogP contribution in [0, 0.1) is 5.92 Å². The summed E-state index contributed by atoms with van der Waals surface area (Å²) in [5, 5.41) is 0.690. The molecule has 1 N–H and O–H groups in total. The molecule has 2 aliphatic rings. The zero-order valence-electron chi connectivity index (χ0n) is 16.1. The van der Waals surface area contributed by atoms with Crippen molar-refractivity contribution in [1.29, 1.82) is 0 Å². The molecule has 0 amide bonds. The van der Waals surface area contributed by atoms with Gasteiger partial charge in [0.25, 0.3) is 5.56 Å². The minimum absolute atomic E-state index is 0.138. The minimum atomic E-state index is -0.692. The number of benzene rings is 1. The Kier molecular flexibility index (Phi) is 4.31. The second-order valence-electron chi connectivity index (χ2n) is 7.60. The van der Waals surface area contributed by atoms with E-state index in [-0.39, 0.29) is 12.4 Å². The number of carbonyl (C=O) groups excluding carboxylic acids is 1. The van der Waals surface area contributed by atoms with Gasteiger partial charge in [0.15, 0.2) is 23.4 Å². The number of nitrogens with zero attached hydrogens (tertiary/aromatic N) is 1. The fourth-order valence-electron chi connectivity index (χ4n) is 3.87. The molecule has 1 aromatic carbocycles. The number of thiophene rings is 1. The summed E-state index contributed by atoms with van der Waals surface area (Å²) < 4.78 is 16.1. The molecule has 8 heteroatoms. The van der Waals surface area contributed by atoms with Gasteiger partial charge in [-0.15, -0.1) is 11.3 Å². The maximum Gasteiger partial charge on any atom is 0.338 e. The minimum Gasteiger partial charge on any atom is -0.454 e. The van der Waals surface area contributed by atoms with E-state index in [2.05, 4.69) is 16.9 Å². The summed E-state index contributed by atoms with van der Waals surface area (Å²) >= 11 is 1.58. The molecule has 5 rings (SSSR count). The number of aryl methyl sites for hydroxylation is 1. The van der Waals surface area contributed by atoms with E-state index in [1.807, 2.05) is 0 Å². The van der Waals surface area contributed by atoms with Gasteiger partial charge in [0.05, 0.1) is 10.9 Å². The van der Waals surface area contributed by atoms with Gasteiger partial charge in [-0.2, -0.15) is 0 Å². The molecular weight excluding hydrogens is 392 g/mol. The van der Waals surface area contributed by atoms with Crippen molar-refractivity contribution >= 4 is 27.5 Å². The highest BCUT2D eigenvalue weighted by atomic mass is 32.1. The van der Waals surface area contributed by atoms with Crippen LogP contribution in [0.1, 0.15) is 53.0 Å².